The lowest BCUT2D eigenvalue weighted by Crippen LogP contribution is -2.08. The fourth-order valence-electron chi connectivity index (χ4n) is 2.57. The second kappa shape index (κ2) is 9.91. The van der Waals surface area contributed by atoms with Crippen LogP contribution in [0.25, 0.3) is 9.75 Å². The molecule has 2 aromatic rings. The maximum Gasteiger partial charge on any atom is 0.172 e. The quantitative estimate of drug-likeness (QED) is 0.432. The second-order valence-corrected chi connectivity index (χ2v) is 8.81. The number of hydrogen-bond acceptors (Lipinski definition) is 4. The minimum atomic E-state index is -0.279. The van der Waals surface area contributed by atoms with Gasteiger partial charge in [-0.2, -0.15) is 0 Å². The Balaban J connectivity index is 1.84. The molecule has 1 atom stereocenters. The molecule has 2 heterocycles. The van der Waals surface area contributed by atoms with Gasteiger partial charge in [0.2, 0.25) is 0 Å². The molecule has 0 fully saturated rings. The molecule has 0 radical (unpaired) electrons. The summed E-state index contributed by atoms with van der Waals surface area (Å²) >= 11 is 3.21. The first-order chi connectivity index (χ1) is 12.0. The predicted octanol–water partition coefficient (Wildman–Crippen LogP) is 6.00. The number of Topliss-reactive ketones (excluding diaryl/α,β-unsaturated/α-hetero) is 1. The molecule has 0 saturated heterocycles. The number of carbonyl (C=O) groups is 1. The Hall–Kier alpha value is -1.41. The fourth-order valence-corrected chi connectivity index (χ4v) is 4.55. The number of ketones is 1. The Bertz CT molecular complexity index is 743. The highest BCUT2D eigenvalue weighted by Gasteiger charge is 2.13. The Labute approximate surface area is 158 Å². The predicted molar refractivity (Wildman–Crippen MR) is 108 cm³/mol. The average molecular weight is 375 g/mol. The van der Waals surface area contributed by atoms with Crippen LogP contribution in [0.4, 0.5) is 0 Å². The first-order valence-electron chi connectivity index (χ1n) is 8.83. The highest BCUT2D eigenvalue weighted by molar-refractivity contribution is 7.23. The van der Waals surface area contributed by atoms with Crippen LogP contribution >= 0.6 is 22.7 Å². The Kier molecular flexibility index (Phi) is 7.90. The van der Waals surface area contributed by atoms with E-state index in [9.17, 15) is 9.90 Å². The summed E-state index contributed by atoms with van der Waals surface area (Å²) in [4.78, 5) is 16.5. The summed E-state index contributed by atoms with van der Waals surface area (Å²) in [6.07, 6.45) is 3.56. The van der Waals surface area contributed by atoms with E-state index in [1.807, 2.05) is 25.1 Å². The number of carbonyl (C=O) groups excluding carboxylic acids is 1. The van der Waals surface area contributed by atoms with Crippen molar-refractivity contribution in [3.63, 3.8) is 0 Å². The van der Waals surface area contributed by atoms with Gasteiger partial charge in [0.05, 0.1) is 15.9 Å². The summed E-state index contributed by atoms with van der Waals surface area (Å²) in [6, 6.07) is 8.03. The van der Waals surface area contributed by atoms with Crippen molar-refractivity contribution in [3.05, 3.63) is 34.0 Å². The number of hydrogen-bond donors (Lipinski definition) is 1. The number of aliphatic hydroxyl groups excluding tert-OH is 1. The van der Waals surface area contributed by atoms with Crippen LogP contribution in [0.5, 0.6) is 0 Å². The maximum absolute atomic E-state index is 12.4. The van der Waals surface area contributed by atoms with Crippen molar-refractivity contribution >= 4 is 28.5 Å². The van der Waals surface area contributed by atoms with E-state index in [0.29, 0.717) is 18.8 Å². The van der Waals surface area contributed by atoms with Crippen molar-refractivity contribution in [1.29, 1.82) is 0 Å². The van der Waals surface area contributed by atoms with Gasteiger partial charge >= 0.3 is 0 Å². The lowest BCUT2D eigenvalue weighted by Gasteiger charge is -2.11. The molecule has 0 bridgehead atoms. The molecule has 0 aromatic carbocycles. The molecule has 0 saturated carbocycles. The summed E-state index contributed by atoms with van der Waals surface area (Å²) in [6.45, 7) is 6.16. The highest BCUT2D eigenvalue weighted by Crippen LogP contribution is 2.34. The molecule has 2 aromatic heterocycles. The van der Waals surface area contributed by atoms with Gasteiger partial charge < -0.3 is 5.11 Å². The van der Waals surface area contributed by atoms with Gasteiger partial charge in [-0.25, -0.2) is 0 Å². The van der Waals surface area contributed by atoms with Crippen LogP contribution in [0, 0.1) is 17.8 Å². The van der Waals surface area contributed by atoms with E-state index in [4.69, 9.17) is 0 Å². The summed E-state index contributed by atoms with van der Waals surface area (Å²) < 4.78 is 0. The molecule has 0 spiro atoms. The zero-order valence-corrected chi connectivity index (χ0v) is 16.8. The molecule has 25 heavy (non-hydrogen) atoms. The van der Waals surface area contributed by atoms with Crippen LogP contribution in [0.15, 0.2) is 24.3 Å². The number of rotatable bonds is 9. The third-order valence-corrected chi connectivity index (χ3v) is 6.32. The van der Waals surface area contributed by atoms with Gasteiger partial charge in [-0.1, -0.05) is 19.8 Å². The van der Waals surface area contributed by atoms with Crippen LogP contribution in [-0.4, -0.2) is 17.0 Å². The van der Waals surface area contributed by atoms with Gasteiger partial charge in [0.1, 0.15) is 0 Å². The number of thiophene rings is 2. The van der Waals surface area contributed by atoms with Crippen LogP contribution in [0.3, 0.4) is 0 Å². The van der Waals surface area contributed by atoms with Crippen molar-refractivity contribution in [2.45, 2.75) is 59.0 Å². The molecule has 0 aliphatic rings. The first-order valence-corrected chi connectivity index (χ1v) is 10.5. The third kappa shape index (κ3) is 6.43. The molecular formula is C21H26O2S2. The van der Waals surface area contributed by atoms with Crippen LogP contribution < -0.4 is 0 Å². The van der Waals surface area contributed by atoms with Crippen LogP contribution in [0.1, 0.15) is 67.4 Å². The standard InChI is InChI=1S/C21H26O2S2/c1-4-6-17-11-12-20(24-17)21-14-13-19(25-21)18(23)8-5-7-16(22)10-9-15(2)3/h11-16,22H,5,7-10H2,1-3H3/t16-/m0/s1. The molecule has 0 unspecified atom stereocenters. The van der Waals surface area contributed by atoms with Gasteiger partial charge in [-0.3, -0.25) is 4.79 Å². The largest absolute Gasteiger partial charge is 0.393 e. The van der Waals surface area contributed by atoms with E-state index >= 15 is 0 Å². The molecule has 0 aliphatic heterocycles. The Morgan fingerprint density at radius 1 is 1.08 bits per heavy atom. The van der Waals surface area contributed by atoms with E-state index in [2.05, 4.69) is 31.8 Å². The van der Waals surface area contributed by atoms with Gasteiger partial charge in [0.15, 0.2) is 5.78 Å². The molecule has 4 heteroatoms. The normalized spacial score (nSPS) is 12.0. The maximum atomic E-state index is 12.4. The zero-order chi connectivity index (χ0) is 18.2. The molecule has 2 nitrogen and oxygen atoms in total. The lowest BCUT2D eigenvalue weighted by atomic mass is 10.0. The molecular weight excluding hydrogens is 348 g/mol. The third-order valence-electron chi connectivity index (χ3n) is 4.00. The van der Waals surface area contributed by atoms with Crippen molar-refractivity contribution in [1.82, 2.24) is 0 Å². The molecule has 1 N–H and O–H groups in total. The van der Waals surface area contributed by atoms with E-state index in [1.165, 1.54) is 0 Å². The van der Waals surface area contributed by atoms with E-state index in [1.54, 1.807) is 22.7 Å². The van der Waals surface area contributed by atoms with E-state index in [-0.39, 0.29) is 11.9 Å². The molecule has 134 valence electrons. The molecule has 0 amide bonds. The Morgan fingerprint density at radius 2 is 1.80 bits per heavy atom. The summed E-state index contributed by atoms with van der Waals surface area (Å²) in [5, 5.41) is 9.96. The second-order valence-electron chi connectivity index (χ2n) is 6.64. The first kappa shape index (κ1) is 19.9. The van der Waals surface area contributed by atoms with Crippen molar-refractivity contribution in [2.75, 3.05) is 0 Å². The SMILES string of the molecule is CC#Cc1ccc(-c2ccc(C(=O)CCC[C@H](O)CCC(C)C)s2)s1. The molecule has 0 aliphatic carbocycles. The zero-order valence-electron chi connectivity index (χ0n) is 15.2. The van der Waals surface area contributed by atoms with Gasteiger partial charge in [0.25, 0.3) is 0 Å². The smallest absolute Gasteiger partial charge is 0.172 e. The monoisotopic (exact) mass is 374 g/mol. The summed E-state index contributed by atoms with van der Waals surface area (Å²) in [7, 11) is 0. The van der Waals surface area contributed by atoms with Gasteiger partial charge in [-0.15, -0.1) is 28.6 Å². The fraction of sp³-hybridized carbons (Fsp3) is 0.476. The summed E-state index contributed by atoms with van der Waals surface area (Å²) in [5.74, 6) is 6.77. The minimum absolute atomic E-state index is 0.178. The van der Waals surface area contributed by atoms with Crippen LogP contribution in [0.2, 0.25) is 0 Å². The number of aliphatic hydroxyl groups is 1. The van der Waals surface area contributed by atoms with E-state index < -0.39 is 0 Å². The lowest BCUT2D eigenvalue weighted by molar-refractivity contribution is 0.0969. The van der Waals surface area contributed by atoms with Gasteiger partial charge in [-0.05, 0) is 62.8 Å². The van der Waals surface area contributed by atoms with E-state index in [0.717, 1.165) is 38.8 Å². The Morgan fingerprint density at radius 3 is 2.52 bits per heavy atom. The van der Waals surface area contributed by atoms with Crippen LogP contribution in [-0.2, 0) is 0 Å². The van der Waals surface area contributed by atoms with Crippen molar-refractivity contribution < 1.29 is 9.90 Å². The molecule has 2 rings (SSSR count). The minimum Gasteiger partial charge on any atom is -0.393 e. The average Bonchev–Trinajstić information content (AvgIpc) is 3.22. The summed E-state index contributed by atoms with van der Waals surface area (Å²) in [5.41, 5.74) is 0. The topological polar surface area (TPSA) is 37.3 Å². The highest BCUT2D eigenvalue weighted by atomic mass is 32.1. The van der Waals surface area contributed by atoms with Gasteiger partial charge in [0, 0.05) is 16.2 Å². The van der Waals surface area contributed by atoms with Crippen molar-refractivity contribution in [2.24, 2.45) is 5.92 Å². The van der Waals surface area contributed by atoms with Crippen molar-refractivity contribution in [3.8, 4) is 21.6 Å².